The molecule has 0 aliphatic carbocycles. The SMILES string of the molecule is Cc1ccc(C)c(OCC(=O)N2CCN(Cc3cc(C)no3)CC2)c1. The van der Waals surface area contributed by atoms with E-state index in [2.05, 4.69) is 10.1 Å². The number of aryl methyl sites for hydroxylation is 3. The molecule has 0 bridgehead atoms. The van der Waals surface area contributed by atoms with Gasteiger partial charge in [0.15, 0.2) is 12.4 Å². The molecule has 0 saturated carbocycles. The van der Waals surface area contributed by atoms with Crippen LogP contribution in [0.2, 0.25) is 0 Å². The molecule has 0 N–H and O–H groups in total. The Morgan fingerprint density at radius 2 is 1.92 bits per heavy atom. The molecule has 25 heavy (non-hydrogen) atoms. The van der Waals surface area contributed by atoms with Crippen LogP contribution >= 0.6 is 0 Å². The van der Waals surface area contributed by atoms with Gasteiger partial charge in [-0.15, -0.1) is 0 Å². The van der Waals surface area contributed by atoms with Crippen LogP contribution in [-0.4, -0.2) is 53.6 Å². The second-order valence-electron chi connectivity index (χ2n) is 6.65. The third kappa shape index (κ3) is 4.60. The topological polar surface area (TPSA) is 58.8 Å². The number of benzene rings is 1. The fourth-order valence-electron chi connectivity index (χ4n) is 2.96. The average molecular weight is 343 g/mol. The van der Waals surface area contributed by atoms with Crippen molar-refractivity contribution < 1.29 is 14.1 Å². The van der Waals surface area contributed by atoms with Crippen LogP contribution in [-0.2, 0) is 11.3 Å². The summed E-state index contributed by atoms with van der Waals surface area (Å²) in [6.45, 7) is 9.83. The van der Waals surface area contributed by atoms with Crippen molar-refractivity contribution >= 4 is 5.91 Å². The standard InChI is InChI=1S/C19H25N3O3/c1-14-4-5-15(2)18(10-14)24-13-19(23)22-8-6-21(7-9-22)12-17-11-16(3)20-25-17/h4-5,10-11H,6-9,12-13H2,1-3H3. The van der Waals surface area contributed by atoms with Crippen LogP contribution in [0, 0.1) is 20.8 Å². The summed E-state index contributed by atoms with van der Waals surface area (Å²) in [4.78, 5) is 16.5. The molecular formula is C19H25N3O3. The maximum absolute atomic E-state index is 12.4. The van der Waals surface area contributed by atoms with Gasteiger partial charge in [0.2, 0.25) is 0 Å². The second-order valence-corrected chi connectivity index (χ2v) is 6.65. The van der Waals surface area contributed by atoms with Gasteiger partial charge in [0.05, 0.1) is 12.2 Å². The van der Waals surface area contributed by atoms with Gasteiger partial charge in [-0.2, -0.15) is 0 Å². The first-order valence-electron chi connectivity index (χ1n) is 8.63. The summed E-state index contributed by atoms with van der Waals surface area (Å²) in [5, 5.41) is 3.91. The van der Waals surface area contributed by atoms with Crippen LogP contribution in [0.25, 0.3) is 0 Å². The number of hydrogen-bond donors (Lipinski definition) is 0. The lowest BCUT2D eigenvalue weighted by atomic mass is 10.1. The predicted octanol–water partition coefficient (Wildman–Crippen LogP) is 2.32. The third-order valence-electron chi connectivity index (χ3n) is 4.48. The van der Waals surface area contributed by atoms with Gasteiger partial charge in [0.1, 0.15) is 5.75 Å². The highest BCUT2D eigenvalue weighted by Crippen LogP contribution is 2.19. The van der Waals surface area contributed by atoms with E-state index in [9.17, 15) is 4.79 Å². The van der Waals surface area contributed by atoms with E-state index in [-0.39, 0.29) is 12.5 Å². The minimum atomic E-state index is 0.0380. The van der Waals surface area contributed by atoms with Crippen LogP contribution in [0.1, 0.15) is 22.6 Å². The number of aromatic nitrogens is 1. The lowest BCUT2D eigenvalue weighted by Gasteiger charge is -2.34. The molecule has 6 nitrogen and oxygen atoms in total. The first-order valence-corrected chi connectivity index (χ1v) is 8.63. The van der Waals surface area contributed by atoms with Crippen molar-refractivity contribution in [2.45, 2.75) is 27.3 Å². The largest absolute Gasteiger partial charge is 0.483 e. The van der Waals surface area contributed by atoms with Crippen molar-refractivity contribution in [3.63, 3.8) is 0 Å². The minimum absolute atomic E-state index is 0.0380. The van der Waals surface area contributed by atoms with Gasteiger partial charge in [0, 0.05) is 32.2 Å². The Balaban J connectivity index is 1.46. The maximum Gasteiger partial charge on any atom is 0.260 e. The van der Waals surface area contributed by atoms with Crippen molar-refractivity contribution in [3.8, 4) is 5.75 Å². The lowest BCUT2D eigenvalue weighted by molar-refractivity contribution is -0.135. The van der Waals surface area contributed by atoms with Gasteiger partial charge in [-0.05, 0) is 38.0 Å². The van der Waals surface area contributed by atoms with Crippen LogP contribution in [0.5, 0.6) is 5.75 Å². The van der Waals surface area contributed by atoms with Crippen LogP contribution in [0.3, 0.4) is 0 Å². The Labute approximate surface area is 148 Å². The van der Waals surface area contributed by atoms with E-state index >= 15 is 0 Å². The van der Waals surface area contributed by atoms with Crippen molar-refractivity contribution in [1.82, 2.24) is 15.0 Å². The first kappa shape index (κ1) is 17.5. The number of ether oxygens (including phenoxy) is 1. The van der Waals surface area contributed by atoms with E-state index in [1.165, 1.54) is 0 Å². The monoisotopic (exact) mass is 343 g/mol. The number of hydrogen-bond acceptors (Lipinski definition) is 5. The number of amides is 1. The summed E-state index contributed by atoms with van der Waals surface area (Å²) in [7, 11) is 0. The van der Waals surface area contributed by atoms with Gasteiger partial charge in [0.25, 0.3) is 5.91 Å². The molecule has 1 aliphatic rings. The normalized spacial score (nSPS) is 15.4. The molecule has 1 amide bonds. The molecule has 134 valence electrons. The van der Waals surface area contributed by atoms with Crippen molar-refractivity contribution in [1.29, 1.82) is 0 Å². The molecule has 1 saturated heterocycles. The molecule has 6 heteroatoms. The molecule has 2 heterocycles. The predicted molar refractivity (Wildman–Crippen MR) is 94.5 cm³/mol. The highest BCUT2D eigenvalue weighted by molar-refractivity contribution is 5.78. The Kier molecular flexibility index (Phi) is 5.38. The Hall–Kier alpha value is -2.34. The summed E-state index contributed by atoms with van der Waals surface area (Å²) < 4.78 is 11.0. The van der Waals surface area contributed by atoms with Crippen LogP contribution in [0.4, 0.5) is 0 Å². The summed E-state index contributed by atoms with van der Waals surface area (Å²) >= 11 is 0. The highest BCUT2D eigenvalue weighted by Gasteiger charge is 2.22. The fraction of sp³-hybridized carbons (Fsp3) is 0.474. The molecule has 0 radical (unpaired) electrons. The fourth-order valence-corrected chi connectivity index (χ4v) is 2.96. The number of rotatable bonds is 5. The third-order valence-corrected chi connectivity index (χ3v) is 4.48. The molecule has 3 rings (SSSR count). The van der Waals surface area contributed by atoms with Gasteiger partial charge >= 0.3 is 0 Å². The van der Waals surface area contributed by atoms with E-state index in [1.54, 1.807) is 0 Å². The van der Waals surface area contributed by atoms with Crippen LogP contribution in [0.15, 0.2) is 28.8 Å². The van der Waals surface area contributed by atoms with E-state index < -0.39 is 0 Å². The van der Waals surface area contributed by atoms with Crippen molar-refractivity contribution in [2.24, 2.45) is 0 Å². The van der Waals surface area contributed by atoms with E-state index in [0.717, 1.165) is 48.0 Å². The Morgan fingerprint density at radius 1 is 1.16 bits per heavy atom. The zero-order valence-electron chi connectivity index (χ0n) is 15.1. The highest BCUT2D eigenvalue weighted by atomic mass is 16.5. The first-order chi connectivity index (χ1) is 12.0. The summed E-state index contributed by atoms with van der Waals surface area (Å²) in [6, 6.07) is 7.98. The molecule has 1 aromatic heterocycles. The molecular weight excluding hydrogens is 318 g/mol. The average Bonchev–Trinajstić information content (AvgIpc) is 3.01. The molecule has 2 aromatic rings. The number of nitrogens with zero attached hydrogens (tertiary/aromatic N) is 3. The van der Waals surface area contributed by atoms with Gasteiger partial charge < -0.3 is 14.2 Å². The Morgan fingerprint density at radius 3 is 2.60 bits per heavy atom. The maximum atomic E-state index is 12.4. The van der Waals surface area contributed by atoms with Crippen molar-refractivity contribution in [2.75, 3.05) is 32.8 Å². The van der Waals surface area contributed by atoms with Gasteiger partial charge in [-0.25, -0.2) is 0 Å². The van der Waals surface area contributed by atoms with E-state index in [0.29, 0.717) is 13.1 Å². The molecule has 1 fully saturated rings. The molecule has 0 atom stereocenters. The zero-order chi connectivity index (χ0) is 17.8. The number of carbonyl (C=O) groups is 1. The number of carbonyl (C=O) groups excluding carboxylic acids is 1. The van der Waals surface area contributed by atoms with Gasteiger partial charge in [-0.1, -0.05) is 17.3 Å². The van der Waals surface area contributed by atoms with E-state index in [4.69, 9.17) is 9.26 Å². The molecule has 1 aromatic carbocycles. The van der Waals surface area contributed by atoms with E-state index in [1.807, 2.05) is 49.9 Å². The quantitative estimate of drug-likeness (QED) is 0.834. The summed E-state index contributed by atoms with van der Waals surface area (Å²) in [5.74, 6) is 1.69. The lowest BCUT2D eigenvalue weighted by Crippen LogP contribution is -2.49. The molecule has 0 spiro atoms. The second kappa shape index (κ2) is 7.70. The van der Waals surface area contributed by atoms with Crippen molar-refractivity contribution in [3.05, 3.63) is 46.8 Å². The van der Waals surface area contributed by atoms with Crippen LogP contribution < -0.4 is 4.74 Å². The zero-order valence-corrected chi connectivity index (χ0v) is 15.1. The Bertz CT molecular complexity index is 733. The summed E-state index contributed by atoms with van der Waals surface area (Å²) in [6.07, 6.45) is 0. The van der Waals surface area contributed by atoms with Gasteiger partial charge in [-0.3, -0.25) is 9.69 Å². The molecule has 0 unspecified atom stereocenters. The summed E-state index contributed by atoms with van der Waals surface area (Å²) in [5.41, 5.74) is 3.07. The molecule has 1 aliphatic heterocycles. The number of piperazine rings is 1. The minimum Gasteiger partial charge on any atom is -0.483 e. The smallest absolute Gasteiger partial charge is 0.260 e.